The second kappa shape index (κ2) is 3.76. The molecule has 80 valence electrons. The third-order valence-corrected chi connectivity index (χ3v) is 3.34. The van der Waals surface area contributed by atoms with Gasteiger partial charge in [0, 0.05) is 6.54 Å². The molecular formula is C13H17NO. The second-order valence-electron chi connectivity index (χ2n) is 4.45. The lowest BCUT2D eigenvalue weighted by atomic mass is 9.91. The van der Waals surface area contributed by atoms with Crippen LogP contribution in [0.15, 0.2) is 12.1 Å². The zero-order chi connectivity index (χ0) is 10.1. The van der Waals surface area contributed by atoms with E-state index in [9.17, 15) is 0 Å². The number of anilines is 1. The average molecular weight is 203 g/mol. The molecule has 2 nitrogen and oxygen atoms in total. The van der Waals surface area contributed by atoms with Crippen molar-refractivity contribution in [1.29, 1.82) is 0 Å². The van der Waals surface area contributed by atoms with Crippen LogP contribution < -0.4 is 10.1 Å². The molecule has 0 amide bonds. The molecule has 0 fully saturated rings. The van der Waals surface area contributed by atoms with E-state index in [2.05, 4.69) is 17.4 Å². The van der Waals surface area contributed by atoms with Gasteiger partial charge in [-0.25, -0.2) is 0 Å². The van der Waals surface area contributed by atoms with Gasteiger partial charge < -0.3 is 10.1 Å². The summed E-state index contributed by atoms with van der Waals surface area (Å²) >= 11 is 0. The average Bonchev–Trinajstić information content (AvgIpc) is 2.50. The summed E-state index contributed by atoms with van der Waals surface area (Å²) in [7, 11) is 0. The number of hydrogen-bond donors (Lipinski definition) is 1. The number of rotatable bonds is 0. The summed E-state index contributed by atoms with van der Waals surface area (Å²) in [5.41, 5.74) is 4.23. The lowest BCUT2D eigenvalue weighted by Crippen LogP contribution is -2.05. The number of aryl methyl sites for hydroxylation is 2. The minimum Gasteiger partial charge on any atom is -0.491 e. The van der Waals surface area contributed by atoms with Gasteiger partial charge in [-0.05, 0) is 55.4 Å². The number of fused-ring (bicyclic) bond motifs is 2. The molecule has 15 heavy (non-hydrogen) atoms. The molecule has 2 heteroatoms. The van der Waals surface area contributed by atoms with Crippen molar-refractivity contribution in [1.82, 2.24) is 0 Å². The van der Waals surface area contributed by atoms with Crippen molar-refractivity contribution in [2.75, 3.05) is 18.5 Å². The molecule has 1 N–H and O–H groups in total. The molecule has 0 saturated heterocycles. The predicted molar refractivity (Wildman–Crippen MR) is 61.7 cm³/mol. The SMILES string of the molecule is c1c2c(cc3c1NCCCO3)CCCC2. The Morgan fingerprint density at radius 2 is 1.80 bits per heavy atom. The minimum absolute atomic E-state index is 0.846. The molecular weight excluding hydrogens is 186 g/mol. The van der Waals surface area contributed by atoms with Crippen LogP contribution in [0.1, 0.15) is 30.4 Å². The van der Waals surface area contributed by atoms with Gasteiger partial charge in [0.2, 0.25) is 0 Å². The van der Waals surface area contributed by atoms with Crippen molar-refractivity contribution in [3.05, 3.63) is 23.3 Å². The van der Waals surface area contributed by atoms with Gasteiger partial charge in [-0.15, -0.1) is 0 Å². The van der Waals surface area contributed by atoms with Crippen LogP contribution in [0.3, 0.4) is 0 Å². The van der Waals surface area contributed by atoms with E-state index in [0.717, 1.165) is 25.3 Å². The molecule has 3 rings (SSSR count). The Hall–Kier alpha value is -1.18. The maximum Gasteiger partial charge on any atom is 0.142 e. The van der Waals surface area contributed by atoms with Crippen LogP contribution in [-0.4, -0.2) is 13.2 Å². The number of nitrogens with one attached hydrogen (secondary N) is 1. The molecule has 0 radical (unpaired) electrons. The lowest BCUT2D eigenvalue weighted by molar-refractivity contribution is 0.322. The van der Waals surface area contributed by atoms with Gasteiger partial charge in [0.25, 0.3) is 0 Å². The molecule has 1 aromatic carbocycles. The first-order valence-electron chi connectivity index (χ1n) is 5.96. The van der Waals surface area contributed by atoms with E-state index >= 15 is 0 Å². The Morgan fingerprint density at radius 1 is 1.00 bits per heavy atom. The van der Waals surface area contributed by atoms with Gasteiger partial charge in [0.05, 0.1) is 12.3 Å². The summed E-state index contributed by atoms with van der Waals surface area (Å²) in [4.78, 5) is 0. The third kappa shape index (κ3) is 1.69. The smallest absolute Gasteiger partial charge is 0.142 e. The fourth-order valence-corrected chi connectivity index (χ4v) is 2.50. The van der Waals surface area contributed by atoms with E-state index < -0.39 is 0 Å². The maximum atomic E-state index is 5.75. The van der Waals surface area contributed by atoms with Crippen LogP contribution in [-0.2, 0) is 12.8 Å². The topological polar surface area (TPSA) is 21.3 Å². The summed E-state index contributed by atoms with van der Waals surface area (Å²) < 4.78 is 5.75. The standard InChI is InChI=1S/C13H17NO/c1-2-5-11-9-13-12(8-10(11)4-1)14-6-3-7-15-13/h8-9,14H,1-7H2. The van der Waals surface area contributed by atoms with E-state index in [4.69, 9.17) is 4.74 Å². The van der Waals surface area contributed by atoms with Crippen molar-refractivity contribution in [3.63, 3.8) is 0 Å². The summed E-state index contributed by atoms with van der Waals surface area (Å²) in [5.74, 6) is 1.06. The molecule has 0 aromatic heterocycles. The molecule has 0 atom stereocenters. The molecule has 0 spiro atoms. The minimum atomic E-state index is 0.846. The molecule has 1 heterocycles. The van der Waals surface area contributed by atoms with Crippen LogP contribution in [0.2, 0.25) is 0 Å². The van der Waals surface area contributed by atoms with Crippen LogP contribution in [0.5, 0.6) is 5.75 Å². The Bertz CT molecular complexity index is 338. The van der Waals surface area contributed by atoms with E-state index in [1.54, 1.807) is 0 Å². The Labute approximate surface area is 90.6 Å². The molecule has 1 aliphatic carbocycles. The quantitative estimate of drug-likeness (QED) is 0.700. The van der Waals surface area contributed by atoms with Gasteiger partial charge in [-0.3, -0.25) is 0 Å². The highest BCUT2D eigenvalue weighted by molar-refractivity contribution is 5.61. The predicted octanol–water partition coefficient (Wildman–Crippen LogP) is 2.76. The number of hydrogen-bond acceptors (Lipinski definition) is 2. The van der Waals surface area contributed by atoms with E-state index in [0.29, 0.717) is 0 Å². The van der Waals surface area contributed by atoms with Gasteiger partial charge in [0.15, 0.2) is 0 Å². The van der Waals surface area contributed by atoms with Crippen molar-refractivity contribution < 1.29 is 4.74 Å². The highest BCUT2D eigenvalue weighted by Crippen LogP contribution is 2.33. The normalized spacial score (nSPS) is 19.2. The first kappa shape index (κ1) is 9.08. The zero-order valence-corrected chi connectivity index (χ0v) is 9.01. The highest BCUT2D eigenvalue weighted by Gasteiger charge is 2.15. The zero-order valence-electron chi connectivity index (χ0n) is 9.01. The lowest BCUT2D eigenvalue weighted by Gasteiger charge is -2.18. The third-order valence-electron chi connectivity index (χ3n) is 3.34. The van der Waals surface area contributed by atoms with Crippen LogP contribution in [0.4, 0.5) is 5.69 Å². The first-order valence-corrected chi connectivity index (χ1v) is 5.96. The van der Waals surface area contributed by atoms with Gasteiger partial charge in [-0.1, -0.05) is 0 Å². The first-order chi connectivity index (χ1) is 7.43. The van der Waals surface area contributed by atoms with Gasteiger partial charge in [0.1, 0.15) is 5.75 Å². The fourth-order valence-electron chi connectivity index (χ4n) is 2.50. The summed E-state index contributed by atoms with van der Waals surface area (Å²) in [6.07, 6.45) is 6.24. The van der Waals surface area contributed by atoms with Crippen molar-refractivity contribution in [2.45, 2.75) is 32.1 Å². The summed E-state index contributed by atoms with van der Waals surface area (Å²) in [5, 5.41) is 3.45. The van der Waals surface area contributed by atoms with E-state index in [1.807, 2.05) is 0 Å². The van der Waals surface area contributed by atoms with E-state index in [1.165, 1.54) is 42.5 Å². The van der Waals surface area contributed by atoms with Crippen molar-refractivity contribution >= 4 is 5.69 Å². The number of benzene rings is 1. The van der Waals surface area contributed by atoms with Gasteiger partial charge in [-0.2, -0.15) is 0 Å². The van der Waals surface area contributed by atoms with Gasteiger partial charge >= 0.3 is 0 Å². The maximum absolute atomic E-state index is 5.75. The molecule has 0 bridgehead atoms. The van der Waals surface area contributed by atoms with Crippen LogP contribution >= 0.6 is 0 Å². The Kier molecular flexibility index (Phi) is 2.28. The Balaban J connectivity index is 2.02. The molecule has 2 aliphatic rings. The number of ether oxygens (including phenoxy) is 1. The van der Waals surface area contributed by atoms with Crippen LogP contribution in [0.25, 0.3) is 0 Å². The summed E-state index contributed by atoms with van der Waals surface area (Å²) in [6.45, 7) is 1.88. The van der Waals surface area contributed by atoms with Crippen LogP contribution in [0, 0.1) is 0 Å². The largest absolute Gasteiger partial charge is 0.491 e. The monoisotopic (exact) mass is 203 g/mol. The molecule has 0 saturated carbocycles. The Morgan fingerprint density at radius 3 is 2.67 bits per heavy atom. The van der Waals surface area contributed by atoms with Crippen molar-refractivity contribution in [2.24, 2.45) is 0 Å². The summed E-state index contributed by atoms with van der Waals surface area (Å²) in [6, 6.07) is 4.55. The molecule has 0 unspecified atom stereocenters. The fraction of sp³-hybridized carbons (Fsp3) is 0.538. The van der Waals surface area contributed by atoms with E-state index in [-0.39, 0.29) is 0 Å². The molecule has 1 aromatic rings. The molecule has 1 aliphatic heterocycles. The highest BCUT2D eigenvalue weighted by atomic mass is 16.5. The van der Waals surface area contributed by atoms with Crippen molar-refractivity contribution in [3.8, 4) is 5.75 Å². The second-order valence-corrected chi connectivity index (χ2v) is 4.45.